The van der Waals surface area contributed by atoms with Crippen LogP contribution >= 0.6 is 11.6 Å². The van der Waals surface area contributed by atoms with Crippen LogP contribution in [-0.2, 0) is 25.8 Å². The molecular formula is C14H15ClN2. The molecule has 0 saturated heterocycles. The van der Waals surface area contributed by atoms with Crippen LogP contribution in [0.4, 0.5) is 0 Å². The molecule has 0 bridgehead atoms. The van der Waals surface area contributed by atoms with Gasteiger partial charge in [-0.25, -0.2) is 0 Å². The first-order valence-corrected chi connectivity index (χ1v) is 6.52. The van der Waals surface area contributed by atoms with Gasteiger partial charge in [-0.15, -0.1) is 11.6 Å². The van der Waals surface area contributed by atoms with Crippen LogP contribution in [0.25, 0.3) is 11.3 Å². The summed E-state index contributed by atoms with van der Waals surface area (Å²) in [5, 5.41) is 4.38. The number of fused-ring (bicyclic) bond motifs is 1. The SMILES string of the molecule is Cn1nc(CCl)cc1-c1ccc2c(c1)CCC2. The van der Waals surface area contributed by atoms with Gasteiger partial charge in [0.25, 0.3) is 0 Å². The minimum Gasteiger partial charge on any atom is -0.268 e. The first kappa shape index (κ1) is 10.8. The topological polar surface area (TPSA) is 17.8 Å². The molecule has 0 atom stereocenters. The standard InChI is InChI=1S/C14H15ClN2/c1-17-14(8-13(9-15)16-17)12-6-5-10-3-2-4-11(10)7-12/h5-8H,2-4,9H2,1H3. The Hall–Kier alpha value is -1.28. The van der Waals surface area contributed by atoms with Gasteiger partial charge in [0.2, 0.25) is 0 Å². The second-order valence-corrected chi connectivity index (χ2v) is 4.88. The van der Waals surface area contributed by atoms with Crippen molar-refractivity contribution in [3.05, 3.63) is 41.1 Å². The summed E-state index contributed by atoms with van der Waals surface area (Å²) in [6, 6.07) is 8.82. The molecule has 1 aromatic carbocycles. The van der Waals surface area contributed by atoms with Crippen molar-refractivity contribution >= 4 is 11.6 Å². The fraction of sp³-hybridized carbons (Fsp3) is 0.357. The molecule has 0 N–H and O–H groups in total. The van der Waals surface area contributed by atoms with Crippen LogP contribution in [0, 0.1) is 0 Å². The number of hydrogen-bond donors (Lipinski definition) is 0. The third kappa shape index (κ3) is 1.87. The number of nitrogens with zero attached hydrogens (tertiary/aromatic N) is 2. The number of aromatic nitrogens is 2. The Bertz CT molecular complexity index is 557. The van der Waals surface area contributed by atoms with Crippen LogP contribution in [0.1, 0.15) is 23.2 Å². The number of hydrogen-bond acceptors (Lipinski definition) is 1. The van der Waals surface area contributed by atoms with Gasteiger partial charge in [0.1, 0.15) is 0 Å². The summed E-state index contributed by atoms with van der Waals surface area (Å²) in [6.45, 7) is 0. The molecule has 0 fully saturated rings. The quantitative estimate of drug-likeness (QED) is 0.744. The predicted octanol–water partition coefficient (Wildman–Crippen LogP) is 3.31. The van der Waals surface area contributed by atoms with Crippen molar-refractivity contribution in [1.82, 2.24) is 9.78 Å². The molecule has 3 heteroatoms. The Morgan fingerprint density at radius 3 is 2.82 bits per heavy atom. The zero-order valence-corrected chi connectivity index (χ0v) is 10.7. The summed E-state index contributed by atoms with van der Waals surface area (Å²) < 4.78 is 1.91. The molecule has 17 heavy (non-hydrogen) atoms. The van der Waals surface area contributed by atoms with Gasteiger partial charge in [0, 0.05) is 12.6 Å². The minimum absolute atomic E-state index is 0.471. The molecule has 1 aliphatic carbocycles. The summed E-state index contributed by atoms with van der Waals surface area (Å²) in [6.07, 6.45) is 3.73. The molecule has 1 aliphatic rings. The third-order valence-electron chi connectivity index (χ3n) is 3.46. The Morgan fingerprint density at radius 2 is 2.06 bits per heavy atom. The summed E-state index contributed by atoms with van der Waals surface area (Å²) in [4.78, 5) is 0. The molecule has 1 heterocycles. The van der Waals surface area contributed by atoms with Crippen molar-refractivity contribution in [3.63, 3.8) is 0 Å². The van der Waals surface area contributed by atoms with Gasteiger partial charge in [0.15, 0.2) is 0 Å². The summed E-state index contributed by atoms with van der Waals surface area (Å²) in [5.41, 5.74) is 6.33. The molecule has 0 unspecified atom stereocenters. The van der Waals surface area contributed by atoms with Crippen LogP contribution in [0.15, 0.2) is 24.3 Å². The maximum Gasteiger partial charge on any atom is 0.0778 e. The van der Waals surface area contributed by atoms with E-state index in [1.165, 1.54) is 36.0 Å². The first-order chi connectivity index (χ1) is 8.28. The van der Waals surface area contributed by atoms with Crippen LogP contribution in [0.2, 0.25) is 0 Å². The van der Waals surface area contributed by atoms with Crippen molar-refractivity contribution in [2.45, 2.75) is 25.1 Å². The molecule has 0 saturated carbocycles. The zero-order chi connectivity index (χ0) is 11.8. The largest absolute Gasteiger partial charge is 0.268 e. The van der Waals surface area contributed by atoms with E-state index < -0.39 is 0 Å². The molecule has 0 aliphatic heterocycles. The molecule has 2 aromatic rings. The van der Waals surface area contributed by atoms with E-state index in [2.05, 4.69) is 29.4 Å². The van der Waals surface area contributed by atoms with E-state index in [-0.39, 0.29) is 0 Å². The van der Waals surface area contributed by atoms with Crippen molar-refractivity contribution in [2.24, 2.45) is 7.05 Å². The summed E-state index contributed by atoms with van der Waals surface area (Å²) >= 11 is 5.82. The molecule has 0 spiro atoms. The van der Waals surface area contributed by atoms with E-state index in [0.717, 1.165) is 11.4 Å². The number of halogens is 1. The molecule has 2 nitrogen and oxygen atoms in total. The highest BCUT2D eigenvalue weighted by atomic mass is 35.5. The van der Waals surface area contributed by atoms with Crippen molar-refractivity contribution in [3.8, 4) is 11.3 Å². The highest BCUT2D eigenvalue weighted by Crippen LogP contribution is 2.28. The van der Waals surface area contributed by atoms with E-state index in [1.807, 2.05) is 11.7 Å². The van der Waals surface area contributed by atoms with Crippen LogP contribution in [0.3, 0.4) is 0 Å². The molecular weight excluding hydrogens is 232 g/mol. The van der Waals surface area contributed by atoms with Gasteiger partial charge >= 0.3 is 0 Å². The third-order valence-corrected chi connectivity index (χ3v) is 3.74. The minimum atomic E-state index is 0.471. The number of alkyl halides is 1. The normalized spacial score (nSPS) is 14.0. The molecule has 0 amide bonds. The van der Waals surface area contributed by atoms with Gasteiger partial charge in [0.05, 0.1) is 17.3 Å². The van der Waals surface area contributed by atoms with Crippen molar-refractivity contribution in [2.75, 3.05) is 0 Å². The van der Waals surface area contributed by atoms with Gasteiger partial charge in [-0.1, -0.05) is 12.1 Å². The number of aryl methyl sites for hydroxylation is 3. The second-order valence-electron chi connectivity index (χ2n) is 4.62. The zero-order valence-electron chi connectivity index (χ0n) is 9.91. The second kappa shape index (κ2) is 4.19. The maximum atomic E-state index is 5.82. The fourth-order valence-corrected chi connectivity index (χ4v) is 2.72. The van der Waals surface area contributed by atoms with Gasteiger partial charge in [-0.3, -0.25) is 4.68 Å². The molecule has 88 valence electrons. The van der Waals surface area contributed by atoms with Crippen LogP contribution in [0.5, 0.6) is 0 Å². The average molecular weight is 247 g/mol. The number of benzene rings is 1. The van der Waals surface area contributed by atoms with E-state index >= 15 is 0 Å². The number of rotatable bonds is 2. The van der Waals surface area contributed by atoms with Gasteiger partial charge < -0.3 is 0 Å². The first-order valence-electron chi connectivity index (χ1n) is 5.99. The monoisotopic (exact) mass is 246 g/mol. The Labute approximate surface area is 106 Å². The van der Waals surface area contributed by atoms with Crippen LogP contribution < -0.4 is 0 Å². The lowest BCUT2D eigenvalue weighted by Gasteiger charge is -2.05. The highest BCUT2D eigenvalue weighted by molar-refractivity contribution is 6.16. The average Bonchev–Trinajstić information content (AvgIpc) is 2.93. The van der Waals surface area contributed by atoms with Crippen molar-refractivity contribution in [1.29, 1.82) is 0 Å². The van der Waals surface area contributed by atoms with Crippen molar-refractivity contribution < 1.29 is 0 Å². The molecule has 3 rings (SSSR count). The van der Waals surface area contributed by atoms with E-state index in [4.69, 9.17) is 11.6 Å². The molecule has 1 aromatic heterocycles. The lowest BCUT2D eigenvalue weighted by Crippen LogP contribution is -1.95. The summed E-state index contributed by atoms with van der Waals surface area (Å²) in [7, 11) is 1.97. The predicted molar refractivity (Wildman–Crippen MR) is 70.2 cm³/mol. The Kier molecular flexibility index (Phi) is 2.67. The van der Waals surface area contributed by atoms with E-state index in [0.29, 0.717) is 5.88 Å². The van der Waals surface area contributed by atoms with E-state index in [1.54, 1.807) is 0 Å². The lowest BCUT2D eigenvalue weighted by molar-refractivity contribution is 0.761. The highest BCUT2D eigenvalue weighted by Gasteiger charge is 2.13. The lowest BCUT2D eigenvalue weighted by atomic mass is 10.0. The van der Waals surface area contributed by atoms with Gasteiger partial charge in [-0.05, 0) is 42.5 Å². The Balaban J connectivity index is 2.06. The summed E-state index contributed by atoms with van der Waals surface area (Å²) in [5.74, 6) is 0.471. The fourth-order valence-electron chi connectivity index (χ4n) is 2.59. The van der Waals surface area contributed by atoms with Crippen LogP contribution in [-0.4, -0.2) is 9.78 Å². The maximum absolute atomic E-state index is 5.82. The van der Waals surface area contributed by atoms with Gasteiger partial charge in [-0.2, -0.15) is 5.10 Å². The molecule has 0 radical (unpaired) electrons. The van der Waals surface area contributed by atoms with E-state index in [9.17, 15) is 0 Å². The Morgan fingerprint density at radius 1 is 1.24 bits per heavy atom. The smallest absolute Gasteiger partial charge is 0.0778 e.